The lowest BCUT2D eigenvalue weighted by Crippen LogP contribution is -2.28. The van der Waals surface area contributed by atoms with Crippen molar-refractivity contribution in [3.8, 4) is 0 Å². The van der Waals surface area contributed by atoms with Crippen LogP contribution in [-0.4, -0.2) is 35.2 Å². The van der Waals surface area contributed by atoms with E-state index in [9.17, 15) is 9.59 Å². The van der Waals surface area contributed by atoms with Gasteiger partial charge in [-0.1, -0.05) is 26.7 Å². The average Bonchev–Trinajstić information content (AvgIpc) is 2.33. The van der Waals surface area contributed by atoms with Crippen LogP contribution in [0.1, 0.15) is 46.5 Å². The summed E-state index contributed by atoms with van der Waals surface area (Å²) in [5.41, 5.74) is 0.238. The molecule has 0 spiro atoms. The van der Waals surface area contributed by atoms with E-state index in [-0.39, 0.29) is 12.2 Å². The molecule has 0 aromatic carbocycles. The summed E-state index contributed by atoms with van der Waals surface area (Å²) in [6.07, 6.45) is 3.83. The summed E-state index contributed by atoms with van der Waals surface area (Å²) in [7, 11) is 0. The molecule has 0 aliphatic carbocycles. The Morgan fingerprint density at radius 1 is 1.22 bits per heavy atom. The van der Waals surface area contributed by atoms with Crippen molar-refractivity contribution in [2.45, 2.75) is 46.5 Å². The highest BCUT2D eigenvalue weighted by Crippen LogP contribution is 2.09. The van der Waals surface area contributed by atoms with Gasteiger partial charge < -0.3 is 9.84 Å². The number of carbonyl (C=O) groups is 2. The van der Waals surface area contributed by atoms with Gasteiger partial charge in [0.25, 0.3) is 0 Å². The minimum atomic E-state index is -0.984. The molecule has 0 saturated heterocycles. The molecule has 0 atom stereocenters. The molecule has 0 fully saturated rings. The summed E-state index contributed by atoms with van der Waals surface area (Å²) < 4.78 is 4.91. The van der Waals surface area contributed by atoms with Crippen molar-refractivity contribution in [2.24, 2.45) is 0 Å². The first-order valence-corrected chi connectivity index (χ1v) is 6.44. The predicted molar refractivity (Wildman–Crippen MR) is 69.3 cm³/mol. The topological polar surface area (TPSA) is 66.8 Å². The Bertz CT molecular complexity index is 299. The van der Waals surface area contributed by atoms with Crippen LogP contribution in [0.3, 0.4) is 0 Å². The second-order valence-corrected chi connectivity index (χ2v) is 3.96. The molecule has 0 aromatic rings. The molecule has 0 saturated carbocycles. The van der Waals surface area contributed by atoms with Gasteiger partial charge in [0.15, 0.2) is 0 Å². The van der Waals surface area contributed by atoms with Crippen LogP contribution in [0.25, 0.3) is 0 Å². The molecule has 0 aliphatic heterocycles. The van der Waals surface area contributed by atoms with Crippen molar-refractivity contribution < 1.29 is 19.4 Å². The van der Waals surface area contributed by atoms with Crippen LogP contribution in [0.4, 0.5) is 4.79 Å². The van der Waals surface area contributed by atoms with Crippen LogP contribution >= 0.6 is 0 Å². The third kappa shape index (κ3) is 6.27. The Labute approximate surface area is 108 Å². The Morgan fingerprint density at radius 2 is 1.89 bits per heavy atom. The van der Waals surface area contributed by atoms with Gasteiger partial charge in [-0.15, -0.1) is 0 Å². The van der Waals surface area contributed by atoms with Gasteiger partial charge in [-0.2, -0.15) is 0 Å². The molecule has 1 N–H and O–H groups in total. The zero-order valence-corrected chi connectivity index (χ0v) is 11.4. The van der Waals surface area contributed by atoms with Crippen LogP contribution in [0.5, 0.6) is 0 Å². The smallest absolute Gasteiger partial charge is 0.413 e. The van der Waals surface area contributed by atoms with Crippen molar-refractivity contribution in [3.05, 3.63) is 11.8 Å². The third-order valence-electron chi connectivity index (χ3n) is 2.36. The van der Waals surface area contributed by atoms with Crippen molar-refractivity contribution in [2.75, 3.05) is 13.2 Å². The Balaban J connectivity index is 4.85. The van der Waals surface area contributed by atoms with E-state index in [1.54, 1.807) is 6.92 Å². The molecule has 5 nitrogen and oxygen atoms in total. The number of rotatable bonds is 8. The van der Waals surface area contributed by atoms with Gasteiger partial charge >= 0.3 is 12.1 Å². The maximum Gasteiger partial charge on any atom is 0.413 e. The largest absolute Gasteiger partial charge is 0.478 e. The molecule has 0 bridgehead atoms. The Kier molecular flexibility index (Phi) is 8.70. The van der Waals surface area contributed by atoms with Crippen molar-refractivity contribution in [1.29, 1.82) is 0 Å². The highest BCUT2D eigenvalue weighted by molar-refractivity contribution is 5.87. The van der Waals surface area contributed by atoms with Gasteiger partial charge in [0, 0.05) is 12.7 Å². The van der Waals surface area contributed by atoms with Gasteiger partial charge in [0.2, 0.25) is 0 Å². The van der Waals surface area contributed by atoms with Crippen molar-refractivity contribution in [3.63, 3.8) is 0 Å². The van der Waals surface area contributed by atoms with E-state index >= 15 is 0 Å². The quantitative estimate of drug-likeness (QED) is 0.679. The molecule has 5 heteroatoms. The van der Waals surface area contributed by atoms with Crippen LogP contribution in [-0.2, 0) is 9.53 Å². The van der Waals surface area contributed by atoms with E-state index in [0.717, 1.165) is 19.3 Å². The van der Waals surface area contributed by atoms with Gasteiger partial charge in [-0.05, 0) is 19.8 Å². The number of carboxylic acids is 1. The lowest BCUT2D eigenvalue weighted by molar-refractivity contribution is -0.132. The monoisotopic (exact) mass is 257 g/mol. The van der Waals surface area contributed by atoms with Gasteiger partial charge in [0.1, 0.15) is 0 Å². The zero-order valence-electron chi connectivity index (χ0n) is 11.4. The summed E-state index contributed by atoms with van der Waals surface area (Å²) in [5.74, 6) is -0.984. The number of amides is 1. The van der Waals surface area contributed by atoms with Crippen LogP contribution in [0, 0.1) is 0 Å². The van der Waals surface area contributed by atoms with E-state index < -0.39 is 12.1 Å². The molecule has 0 aromatic heterocycles. The number of carbonyl (C=O) groups excluding carboxylic acids is 1. The number of aliphatic carboxylic acids is 1. The van der Waals surface area contributed by atoms with Gasteiger partial charge in [-0.3, -0.25) is 4.90 Å². The lowest BCUT2D eigenvalue weighted by atomic mass is 10.1. The fourth-order valence-electron chi connectivity index (χ4n) is 1.43. The summed E-state index contributed by atoms with van der Waals surface area (Å²) in [6, 6.07) is 0. The average molecular weight is 257 g/mol. The molecule has 0 rings (SSSR count). The lowest BCUT2D eigenvalue weighted by Gasteiger charge is -2.18. The van der Waals surface area contributed by atoms with E-state index in [1.165, 1.54) is 11.1 Å². The molecule has 0 unspecified atom stereocenters. The van der Waals surface area contributed by atoms with Gasteiger partial charge in [0.05, 0.1) is 12.2 Å². The number of hydrogen-bond donors (Lipinski definition) is 1. The first-order valence-electron chi connectivity index (χ1n) is 6.44. The zero-order chi connectivity index (χ0) is 14.0. The summed E-state index contributed by atoms with van der Waals surface area (Å²) in [6.45, 7) is 6.40. The first kappa shape index (κ1) is 16.5. The summed E-state index contributed by atoms with van der Waals surface area (Å²) in [5, 5.41) is 9.04. The number of unbranched alkanes of at least 4 members (excludes halogenated alkanes) is 1. The number of ether oxygens (including phenoxy) is 1. The molecule has 0 radical (unpaired) electrons. The maximum absolute atomic E-state index is 11.7. The Hall–Kier alpha value is -1.52. The Morgan fingerprint density at radius 3 is 2.33 bits per heavy atom. The molecule has 0 heterocycles. The number of hydrogen-bond acceptors (Lipinski definition) is 3. The minimum absolute atomic E-state index is 0.238. The number of carboxylic acid groups (broad SMARTS) is 1. The third-order valence-corrected chi connectivity index (χ3v) is 2.36. The molecule has 104 valence electrons. The number of nitrogens with zero attached hydrogens (tertiary/aromatic N) is 1. The summed E-state index contributed by atoms with van der Waals surface area (Å²) in [4.78, 5) is 24.1. The normalized spacial score (nSPS) is 11.2. The second kappa shape index (κ2) is 9.50. The molecule has 1 amide bonds. The molecule has 18 heavy (non-hydrogen) atoms. The highest BCUT2D eigenvalue weighted by atomic mass is 16.6. The molecule has 0 aliphatic rings. The summed E-state index contributed by atoms with van der Waals surface area (Å²) >= 11 is 0. The first-order chi connectivity index (χ1) is 8.56. The van der Waals surface area contributed by atoms with Gasteiger partial charge in [-0.25, -0.2) is 9.59 Å². The minimum Gasteiger partial charge on any atom is -0.478 e. The molecular formula is C13H23NO4. The highest BCUT2D eigenvalue weighted by Gasteiger charge is 2.15. The maximum atomic E-state index is 11.7. The van der Waals surface area contributed by atoms with Crippen LogP contribution in [0.2, 0.25) is 0 Å². The molecular weight excluding hydrogens is 234 g/mol. The van der Waals surface area contributed by atoms with Crippen LogP contribution in [0.15, 0.2) is 11.8 Å². The van der Waals surface area contributed by atoms with E-state index in [0.29, 0.717) is 13.0 Å². The van der Waals surface area contributed by atoms with Crippen LogP contribution < -0.4 is 0 Å². The fraction of sp³-hybridized carbons (Fsp3) is 0.692. The van der Waals surface area contributed by atoms with E-state index in [4.69, 9.17) is 9.84 Å². The fourth-order valence-corrected chi connectivity index (χ4v) is 1.43. The van der Waals surface area contributed by atoms with Crippen molar-refractivity contribution >= 4 is 12.1 Å². The predicted octanol–water partition coefficient (Wildman–Crippen LogP) is 3.01. The SMILES string of the molecule is CCCCN(C=C(CCC)C(=O)O)C(=O)OCC. The van der Waals surface area contributed by atoms with Crippen molar-refractivity contribution in [1.82, 2.24) is 4.90 Å². The second-order valence-electron chi connectivity index (χ2n) is 3.96. The standard InChI is InChI=1S/C13H23NO4/c1-4-7-9-14(13(17)18-6-3)10-11(8-5-2)12(15)16/h10H,4-9H2,1-3H3,(H,15,16). The van der Waals surface area contributed by atoms with E-state index in [1.807, 2.05) is 13.8 Å². The van der Waals surface area contributed by atoms with E-state index in [2.05, 4.69) is 0 Å².